The molecule has 7 heteroatoms. The van der Waals surface area contributed by atoms with Gasteiger partial charge < -0.3 is 5.32 Å². The lowest BCUT2D eigenvalue weighted by Gasteiger charge is -2.04. The SMILES string of the molecule is O=C(NCc1cn(-c2cccnc2)nn1)c1ccccc1Cl. The molecule has 0 spiro atoms. The Hall–Kier alpha value is -2.73. The number of rotatable bonds is 4. The number of nitrogens with zero attached hydrogens (tertiary/aromatic N) is 4. The summed E-state index contributed by atoms with van der Waals surface area (Å²) in [6.45, 7) is 0.268. The number of carbonyl (C=O) groups excluding carboxylic acids is 1. The summed E-state index contributed by atoms with van der Waals surface area (Å²) in [7, 11) is 0. The van der Waals surface area contributed by atoms with Crippen LogP contribution in [0.4, 0.5) is 0 Å². The minimum absolute atomic E-state index is 0.249. The molecular weight excluding hydrogens is 302 g/mol. The lowest BCUT2D eigenvalue weighted by molar-refractivity contribution is 0.0950. The van der Waals surface area contributed by atoms with Crippen molar-refractivity contribution < 1.29 is 4.79 Å². The molecule has 1 N–H and O–H groups in total. The minimum atomic E-state index is -0.249. The first-order chi connectivity index (χ1) is 10.7. The summed E-state index contributed by atoms with van der Waals surface area (Å²) < 4.78 is 1.60. The second-order valence-electron chi connectivity index (χ2n) is 4.53. The van der Waals surface area contributed by atoms with Crippen molar-refractivity contribution in [2.24, 2.45) is 0 Å². The molecule has 0 aliphatic rings. The molecular formula is C15H12ClN5O. The monoisotopic (exact) mass is 313 g/mol. The van der Waals surface area contributed by atoms with E-state index >= 15 is 0 Å². The van der Waals surface area contributed by atoms with Crippen molar-refractivity contribution in [3.63, 3.8) is 0 Å². The number of benzene rings is 1. The van der Waals surface area contributed by atoms with Gasteiger partial charge in [-0.3, -0.25) is 9.78 Å². The van der Waals surface area contributed by atoms with Crippen LogP contribution in [0.5, 0.6) is 0 Å². The highest BCUT2D eigenvalue weighted by atomic mass is 35.5. The van der Waals surface area contributed by atoms with E-state index in [0.29, 0.717) is 16.3 Å². The summed E-state index contributed by atoms with van der Waals surface area (Å²) in [6, 6.07) is 10.6. The van der Waals surface area contributed by atoms with Crippen LogP contribution in [0.2, 0.25) is 5.02 Å². The Morgan fingerprint density at radius 2 is 2.09 bits per heavy atom. The summed E-state index contributed by atoms with van der Waals surface area (Å²) in [5.41, 5.74) is 1.88. The van der Waals surface area contributed by atoms with Crippen molar-refractivity contribution >= 4 is 17.5 Å². The summed E-state index contributed by atoms with van der Waals surface area (Å²) in [4.78, 5) is 16.1. The first-order valence-corrected chi connectivity index (χ1v) is 6.96. The molecule has 22 heavy (non-hydrogen) atoms. The Morgan fingerprint density at radius 3 is 2.86 bits per heavy atom. The molecule has 1 aromatic carbocycles. The number of pyridine rings is 1. The van der Waals surface area contributed by atoms with Gasteiger partial charge in [-0.15, -0.1) is 5.10 Å². The smallest absolute Gasteiger partial charge is 0.253 e. The highest BCUT2D eigenvalue weighted by Gasteiger charge is 2.10. The number of hydrogen-bond donors (Lipinski definition) is 1. The number of hydrogen-bond acceptors (Lipinski definition) is 4. The number of halogens is 1. The second-order valence-corrected chi connectivity index (χ2v) is 4.94. The van der Waals surface area contributed by atoms with Gasteiger partial charge in [-0.25, -0.2) is 4.68 Å². The number of nitrogens with one attached hydrogen (secondary N) is 1. The van der Waals surface area contributed by atoms with Crippen LogP contribution in [-0.2, 0) is 6.54 Å². The van der Waals surface area contributed by atoms with Crippen molar-refractivity contribution in [1.29, 1.82) is 0 Å². The largest absolute Gasteiger partial charge is 0.346 e. The Morgan fingerprint density at radius 1 is 1.23 bits per heavy atom. The van der Waals surface area contributed by atoms with Gasteiger partial charge in [0.1, 0.15) is 5.69 Å². The quantitative estimate of drug-likeness (QED) is 0.802. The third kappa shape index (κ3) is 3.12. The predicted octanol–water partition coefficient (Wildman–Crippen LogP) is 2.25. The van der Waals surface area contributed by atoms with Crippen molar-refractivity contribution in [3.05, 3.63) is 71.3 Å². The number of aromatic nitrogens is 4. The zero-order chi connectivity index (χ0) is 15.4. The fourth-order valence-corrected chi connectivity index (χ4v) is 2.13. The fourth-order valence-electron chi connectivity index (χ4n) is 1.91. The van der Waals surface area contributed by atoms with Crippen molar-refractivity contribution in [3.8, 4) is 5.69 Å². The van der Waals surface area contributed by atoms with E-state index in [1.807, 2.05) is 12.1 Å². The lowest BCUT2D eigenvalue weighted by atomic mass is 10.2. The second kappa shape index (κ2) is 6.36. The third-order valence-corrected chi connectivity index (χ3v) is 3.33. The van der Waals surface area contributed by atoms with Crippen molar-refractivity contribution in [1.82, 2.24) is 25.3 Å². The molecule has 0 bridgehead atoms. The van der Waals surface area contributed by atoms with E-state index in [9.17, 15) is 4.79 Å². The zero-order valence-corrected chi connectivity index (χ0v) is 12.2. The summed E-state index contributed by atoms with van der Waals surface area (Å²) in [5, 5.41) is 11.2. The Balaban J connectivity index is 1.67. The van der Waals surface area contributed by atoms with E-state index in [-0.39, 0.29) is 12.5 Å². The summed E-state index contributed by atoms with van der Waals surface area (Å²) in [6.07, 6.45) is 5.11. The molecule has 110 valence electrons. The standard InChI is InChI=1S/C15H12ClN5O/c16-14-6-2-1-5-13(14)15(22)18-8-11-10-21(20-19-11)12-4-3-7-17-9-12/h1-7,9-10H,8H2,(H,18,22). The first kappa shape index (κ1) is 14.2. The van der Waals surface area contributed by atoms with Crippen LogP contribution in [0.3, 0.4) is 0 Å². The lowest BCUT2D eigenvalue weighted by Crippen LogP contribution is -2.23. The summed E-state index contributed by atoms with van der Waals surface area (Å²) in [5.74, 6) is -0.249. The van der Waals surface area contributed by atoms with Gasteiger partial charge in [0.2, 0.25) is 0 Å². The average Bonchev–Trinajstić information content (AvgIpc) is 3.03. The number of amides is 1. The van der Waals surface area contributed by atoms with E-state index in [2.05, 4.69) is 20.6 Å². The van der Waals surface area contributed by atoms with Gasteiger partial charge >= 0.3 is 0 Å². The molecule has 3 aromatic rings. The molecule has 0 atom stereocenters. The van der Waals surface area contributed by atoms with Gasteiger partial charge in [0.15, 0.2) is 0 Å². The van der Waals surface area contributed by atoms with Gasteiger partial charge in [0.25, 0.3) is 5.91 Å². The average molecular weight is 314 g/mol. The molecule has 0 radical (unpaired) electrons. The highest BCUT2D eigenvalue weighted by Crippen LogP contribution is 2.14. The fraction of sp³-hybridized carbons (Fsp3) is 0.0667. The molecule has 0 unspecified atom stereocenters. The van der Waals surface area contributed by atoms with E-state index in [1.54, 1.807) is 47.5 Å². The highest BCUT2D eigenvalue weighted by molar-refractivity contribution is 6.33. The van der Waals surface area contributed by atoms with E-state index in [0.717, 1.165) is 5.69 Å². The molecule has 1 amide bonds. The molecule has 2 heterocycles. The van der Waals surface area contributed by atoms with Gasteiger partial charge in [0, 0.05) is 6.20 Å². The normalized spacial score (nSPS) is 10.4. The van der Waals surface area contributed by atoms with Crippen molar-refractivity contribution in [2.45, 2.75) is 6.54 Å². The Kier molecular flexibility index (Phi) is 4.11. The van der Waals surface area contributed by atoms with Crippen molar-refractivity contribution in [2.75, 3.05) is 0 Å². The molecule has 0 aliphatic carbocycles. The number of carbonyl (C=O) groups is 1. The minimum Gasteiger partial charge on any atom is -0.346 e. The summed E-state index contributed by atoms with van der Waals surface area (Å²) >= 11 is 5.99. The van der Waals surface area contributed by atoms with E-state index in [4.69, 9.17) is 11.6 Å². The van der Waals surface area contributed by atoms with Crippen LogP contribution >= 0.6 is 11.6 Å². The molecule has 6 nitrogen and oxygen atoms in total. The van der Waals surface area contributed by atoms with Gasteiger partial charge in [-0.05, 0) is 24.3 Å². The maximum absolute atomic E-state index is 12.1. The molecule has 2 aromatic heterocycles. The van der Waals surface area contributed by atoms with Gasteiger partial charge in [0.05, 0.1) is 35.2 Å². The molecule has 0 fully saturated rings. The van der Waals surface area contributed by atoms with Crippen LogP contribution in [-0.4, -0.2) is 25.9 Å². The molecule has 0 saturated carbocycles. The Labute approximate surface area is 131 Å². The third-order valence-electron chi connectivity index (χ3n) is 3.00. The molecule has 3 rings (SSSR count). The predicted molar refractivity (Wildman–Crippen MR) is 81.8 cm³/mol. The maximum atomic E-state index is 12.1. The van der Waals surface area contributed by atoms with E-state index < -0.39 is 0 Å². The molecule has 0 aliphatic heterocycles. The van der Waals surface area contributed by atoms with Gasteiger partial charge in [-0.2, -0.15) is 0 Å². The zero-order valence-electron chi connectivity index (χ0n) is 11.5. The van der Waals surface area contributed by atoms with Crippen LogP contribution in [0, 0.1) is 0 Å². The Bertz CT molecular complexity index is 787. The van der Waals surface area contributed by atoms with Crippen LogP contribution < -0.4 is 5.32 Å². The van der Waals surface area contributed by atoms with Crippen LogP contribution in [0.15, 0.2) is 55.0 Å². The topological polar surface area (TPSA) is 72.7 Å². The van der Waals surface area contributed by atoms with Gasteiger partial charge in [-0.1, -0.05) is 28.9 Å². The first-order valence-electron chi connectivity index (χ1n) is 6.58. The molecule has 0 saturated heterocycles. The van der Waals surface area contributed by atoms with Crippen LogP contribution in [0.1, 0.15) is 16.1 Å². The van der Waals surface area contributed by atoms with E-state index in [1.165, 1.54) is 0 Å². The van der Waals surface area contributed by atoms with Crippen LogP contribution in [0.25, 0.3) is 5.69 Å². The maximum Gasteiger partial charge on any atom is 0.253 e.